The molecule has 1 heterocycles. The van der Waals surface area contributed by atoms with E-state index >= 15 is 0 Å². The van der Waals surface area contributed by atoms with Crippen LogP contribution in [0.25, 0.3) is 0 Å². The van der Waals surface area contributed by atoms with Crippen molar-refractivity contribution < 1.29 is 9.53 Å². The van der Waals surface area contributed by atoms with Gasteiger partial charge in [-0.15, -0.1) is 0 Å². The molecular formula is C11H17N3O2. The van der Waals surface area contributed by atoms with Gasteiger partial charge in [0.05, 0.1) is 5.56 Å². The van der Waals surface area contributed by atoms with E-state index in [1.54, 1.807) is 19.4 Å². The van der Waals surface area contributed by atoms with E-state index in [-0.39, 0.29) is 11.9 Å². The van der Waals surface area contributed by atoms with E-state index < -0.39 is 0 Å². The van der Waals surface area contributed by atoms with Gasteiger partial charge in [-0.05, 0) is 19.4 Å². The first-order chi connectivity index (χ1) is 7.65. The fourth-order valence-corrected chi connectivity index (χ4v) is 1.26. The maximum absolute atomic E-state index is 11.8. The minimum Gasteiger partial charge on any atom is -0.398 e. The number of ether oxygens (including phenoxy) is 1. The molecule has 1 atom stereocenters. The standard InChI is InChI=1S/C11H17N3O2/c1-8(4-6-16-2)14-11(15)9-7-13-5-3-10(9)12/h3,5,7-8H,4,6H2,1-2H3,(H2,12,13)(H,14,15). The van der Waals surface area contributed by atoms with Gasteiger partial charge in [0, 0.05) is 37.8 Å². The third-order valence-corrected chi connectivity index (χ3v) is 2.23. The van der Waals surface area contributed by atoms with Gasteiger partial charge >= 0.3 is 0 Å². The number of amides is 1. The number of carbonyl (C=O) groups is 1. The topological polar surface area (TPSA) is 77.2 Å². The van der Waals surface area contributed by atoms with Gasteiger partial charge in [0.1, 0.15) is 0 Å². The van der Waals surface area contributed by atoms with Crippen molar-refractivity contribution in [1.29, 1.82) is 0 Å². The second kappa shape index (κ2) is 6.07. The van der Waals surface area contributed by atoms with Gasteiger partial charge in [-0.2, -0.15) is 0 Å². The third kappa shape index (κ3) is 3.51. The van der Waals surface area contributed by atoms with Crippen molar-refractivity contribution in [3.8, 4) is 0 Å². The van der Waals surface area contributed by atoms with Crippen molar-refractivity contribution in [2.75, 3.05) is 19.5 Å². The Morgan fingerprint density at radius 1 is 1.69 bits per heavy atom. The molecule has 0 aliphatic rings. The van der Waals surface area contributed by atoms with E-state index in [4.69, 9.17) is 10.5 Å². The van der Waals surface area contributed by atoms with Gasteiger partial charge in [-0.25, -0.2) is 0 Å². The first-order valence-corrected chi connectivity index (χ1v) is 5.14. The van der Waals surface area contributed by atoms with Crippen molar-refractivity contribution in [1.82, 2.24) is 10.3 Å². The molecule has 0 radical (unpaired) electrons. The number of nitrogens with zero attached hydrogens (tertiary/aromatic N) is 1. The van der Waals surface area contributed by atoms with Crippen molar-refractivity contribution in [3.05, 3.63) is 24.0 Å². The monoisotopic (exact) mass is 223 g/mol. The molecule has 1 aromatic rings. The maximum atomic E-state index is 11.8. The molecule has 0 saturated carbocycles. The van der Waals surface area contributed by atoms with Gasteiger partial charge in [-0.1, -0.05) is 0 Å². The minimum absolute atomic E-state index is 0.0482. The summed E-state index contributed by atoms with van der Waals surface area (Å²) in [5.74, 6) is -0.200. The summed E-state index contributed by atoms with van der Waals surface area (Å²) in [6.07, 6.45) is 3.79. The molecule has 0 aliphatic carbocycles. The Kier molecular flexibility index (Phi) is 4.72. The molecule has 16 heavy (non-hydrogen) atoms. The predicted octanol–water partition coefficient (Wildman–Crippen LogP) is 0.819. The molecule has 1 rings (SSSR count). The Morgan fingerprint density at radius 3 is 3.06 bits per heavy atom. The Bertz CT molecular complexity index is 355. The van der Waals surface area contributed by atoms with Gasteiger partial charge < -0.3 is 15.8 Å². The van der Waals surface area contributed by atoms with E-state index in [0.717, 1.165) is 6.42 Å². The molecule has 1 amide bonds. The number of carbonyl (C=O) groups excluding carboxylic acids is 1. The Hall–Kier alpha value is -1.62. The Balaban J connectivity index is 2.56. The molecule has 0 fully saturated rings. The van der Waals surface area contributed by atoms with Crippen LogP contribution in [0.2, 0.25) is 0 Å². The maximum Gasteiger partial charge on any atom is 0.255 e. The van der Waals surface area contributed by atoms with E-state index in [0.29, 0.717) is 17.9 Å². The number of pyridine rings is 1. The zero-order valence-corrected chi connectivity index (χ0v) is 9.56. The molecule has 88 valence electrons. The van der Waals surface area contributed by atoms with E-state index in [9.17, 15) is 4.79 Å². The number of hydrogen-bond donors (Lipinski definition) is 2. The quantitative estimate of drug-likeness (QED) is 0.774. The predicted molar refractivity (Wildman–Crippen MR) is 62.1 cm³/mol. The van der Waals surface area contributed by atoms with Gasteiger partial charge in [0.15, 0.2) is 0 Å². The summed E-state index contributed by atoms with van der Waals surface area (Å²) >= 11 is 0. The fraction of sp³-hybridized carbons (Fsp3) is 0.455. The molecule has 0 saturated heterocycles. The lowest BCUT2D eigenvalue weighted by Crippen LogP contribution is -2.33. The summed E-state index contributed by atoms with van der Waals surface area (Å²) in [6, 6.07) is 1.65. The zero-order chi connectivity index (χ0) is 12.0. The molecule has 0 aromatic carbocycles. The molecule has 1 unspecified atom stereocenters. The number of nitrogens with one attached hydrogen (secondary N) is 1. The number of rotatable bonds is 5. The van der Waals surface area contributed by atoms with Gasteiger partial charge in [0.25, 0.3) is 5.91 Å². The van der Waals surface area contributed by atoms with Crippen LogP contribution in [0.5, 0.6) is 0 Å². The number of nitrogen functional groups attached to an aromatic ring is 1. The van der Waals surface area contributed by atoms with E-state index in [2.05, 4.69) is 10.3 Å². The molecule has 3 N–H and O–H groups in total. The largest absolute Gasteiger partial charge is 0.398 e. The third-order valence-electron chi connectivity index (χ3n) is 2.23. The van der Waals surface area contributed by atoms with Crippen LogP contribution in [0.15, 0.2) is 18.5 Å². The molecule has 0 spiro atoms. The number of anilines is 1. The first-order valence-electron chi connectivity index (χ1n) is 5.14. The van der Waals surface area contributed by atoms with E-state index in [1.165, 1.54) is 6.20 Å². The first kappa shape index (κ1) is 12.4. The lowest BCUT2D eigenvalue weighted by molar-refractivity contribution is 0.0930. The van der Waals surface area contributed by atoms with Gasteiger partial charge in [0.2, 0.25) is 0 Å². The van der Waals surface area contributed by atoms with E-state index in [1.807, 2.05) is 6.92 Å². The van der Waals surface area contributed by atoms with Crippen LogP contribution in [0.1, 0.15) is 23.7 Å². The van der Waals surface area contributed by atoms with Crippen molar-refractivity contribution >= 4 is 11.6 Å². The van der Waals surface area contributed by atoms with Crippen LogP contribution in [0, 0.1) is 0 Å². The van der Waals surface area contributed by atoms with Crippen LogP contribution >= 0.6 is 0 Å². The summed E-state index contributed by atoms with van der Waals surface area (Å²) in [6.45, 7) is 2.54. The average molecular weight is 223 g/mol. The summed E-state index contributed by atoms with van der Waals surface area (Å²) in [5, 5.41) is 2.83. The molecule has 0 bridgehead atoms. The second-order valence-electron chi connectivity index (χ2n) is 3.62. The SMILES string of the molecule is COCCC(C)NC(=O)c1cnccc1N. The highest BCUT2D eigenvalue weighted by Crippen LogP contribution is 2.08. The molecule has 0 aliphatic heterocycles. The van der Waals surface area contributed by atoms with Crippen molar-refractivity contribution in [2.45, 2.75) is 19.4 Å². The molecular weight excluding hydrogens is 206 g/mol. The number of aromatic nitrogens is 1. The van der Waals surface area contributed by atoms with Crippen molar-refractivity contribution in [2.24, 2.45) is 0 Å². The number of nitrogens with two attached hydrogens (primary N) is 1. The summed E-state index contributed by atoms with van der Waals surface area (Å²) in [5.41, 5.74) is 6.52. The van der Waals surface area contributed by atoms with Crippen molar-refractivity contribution in [3.63, 3.8) is 0 Å². The number of hydrogen-bond acceptors (Lipinski definition) is 4. The molecule has 5 nitrogen and oxygen atoms in total. The normalized spacial score (nSPS) is 12.1. The van der Waals surface area contributed by atoms with Crippen LogP contribution in [-0.4, -0.2) is 30.6 Å². The highest BCUT2D eigenvalue weighted by molar-refractivity contribution is 5.98. The lowest BCUT2D eigenvalue weighted by atomic mass is 10.2. The smallest absolute Gasteiger partial charge is 0.255 e. The van der Waals surface area contributed by atoms with Crippen LogP contribution in [-0.2, 0) is 4.74 Å². The fourth-order valence-electron chi connectivity index (χ4n) is 1.26. The molecule has 5 heteroatoms. The lowest BCUT2D eigenvalue weighted by Gasteiger charge is -2.13. The van der Waals surface area contributed by atoms with Crippen LogP contribution < -0.4 is 11.1 Å². The highest BCUT2D eigenvalue weighted by atomic mass is 16.5. The highest BCUT2D eigenvalue weighted by Gasteiger charge is 2.12. The molecule has 1 aromatic heterocycles. The summed E-state index contributed by atoms with van der Waals surface area (Å²) < 4.78 is 4.94. The zero-order valence-electron chi connectivity index (χ0n) is 9.56. The minimum atomic E-state index is -0.200. The van der Waals surface area contributed by atoms with Crippen LogP contribution in [0.4, 0.5) is 5.69 Å². The summed E-state index contributed by atoms with van der Waals surface area (Å²) in [7, 11) is 1.63. The Morgan fingerprint density at radius 2 is 2.44 bits per heavy atom. The number of methoxy groups -OCH3 is 1. The van der Waals surface area contributed by atoms with Gasteiger partial charge in [-0.3, -0.25) is 9.78 Å². The Labute approximate surface area is 95.0 Å². The summed E-state index contributed by atoms with van der Waals surface area (Å²) in [4.78, 5) is 15.6. The average Bonchev–Trinajstić information content (AvgIpc) is 2.26. The van der Waals surface area contributed by atoms with Crippen LogP contribution in [0.3, 0.4) is 0 Å². The second-order valence-corrected chi connectivity index (χ2v) is 3.62.